The fraction of sp³-hybridized carbons (Fsp3) is 0.200. The zero-order valence-electron chi connectivity index (χ0n) is 18.8. The smallest absolute Gasteiger partial charge is 0.269 e. The third-order valence-corrected chi connectivity index (χ3v) is 5.68. The second-order valence-corrected chi connectivity index (χ2v) is 7.89. The second kappa shape index (κ2) is 9.72. The number of benzene rings is 3. The van der Waals surface area contributed by atoms with E-state index in [1.165, 1.54) is 24.3 Å². The van der Waals surface area contributed by atoms with Crippen LogP contribution in [0, 0.1) is 10.1 Å². The van der Waals surface area contributed by atoms with Gasteiger partial charge in [-0.2, -0.15) is 5.10 Å². The van der Waals surface area contributed by atoms with Gasteiger partial charge in [0.25, 0.3) is 11.6 Å². The molecule has 1 aliphatic rings. The molecule has 1 heterocycles. The summed E-state index contributed by atoms with van der Waals surface area (Å²) in [6.45, 7) is 2.31. The van der Waals surface area contributed by atoms with Crippen LogP contribution >= 0.6 is 0 Å². The topological polar surface area (TPSA) is 109 Å². The minimum atomic E-state index is -0.671. The maximum Gasteiger partial charge on any atom is 0.269 e. The number of phenolic OH excluding ortho intramolecular Hbond substituents is 1. The molecule has 0 spiro atoms. The Morgan fingerprint density at radius 1 is 1.12 bits per heavy atom. The van der Waals surface area contributed by atoms with E-state index in [0.717, 1.165) is 5.56 Å². The summed E-state index contributed by atoms with van der Waals surface area (Å²) in [7, 11) is 1.47. The van der Waals surface area contributed by atoms with Gasteiger partial charge in [0.05, 0.1) is 24.3 Å². The molecule has 4 rings (SSSR count). The van der Waals surface area contributed by atoms with Crippen LogP contribution in [0.5, 0.6) is 11.5 Å². The maximum atomic E-state index is 13.1. The number of nitro benzene ring substituents is 1. The number of phenols is 1. The number of nitrogens with zero attached hydrogens (tertiary/aromatic N) is 4. The molecule has 0 saturated carbocycles. The van der Waals surface area contributed by atoms with E-state index < -0.39 is 11.1 Å². The van der Waals surface area contributed by atoms with Crippen molar-refractivity contribution >= 4 is 17.3 Å². The summed E-state index contributed by atoms with van der Waals surface area (Å²) in [6, 6.07) is 20.9. The van der Waals surface area contributed by atoms with Crippen LogP contribution < -0.4 is 4.74 Å². The summed E-state index contributed by atoms with van der Waals surface area (Å²) in [5, 5.41) is 27.8. The molecule has 0 unspecified atom stereocenters. The molecule has 3 aromatic carbocycles. The Balaban J connectivity index is 1.74. The summed E-state index contributed by atoms with van der Waals surface area (Å²) in [6.07, 6.45) is -0.671. The summed E-state index contributed by atoms with van der Waals surface area (Å²) >= 11 is 0. The number of carbonyl (C=O) groups is 1. The SMILES string of the molecule is COc1cccc([C@H]2N(Cc3ccccc3)CC(=O)N2/N=C(/C)c2ccc([N+](=O)[O-])cc2)c1O. The lowest BCUT2D eigenvalue weighted by molar-refractivity contribution is -0.384. The van der Waals surface area contributed by atoms with Crippen LogP contribution in [0.25, 0.3) is 0 Å². The van der Waals surface area contributed by atoms with E-state index in [2.05, 4.69) is 5.10 Å². The molecule has 1 aliphatic heterocycles. The molecule has 0 bridgehead atoms. The first-order valence-electron chi connectivity index (χ1n) is 10.6. The number of non-ortho nitro benzene ring substituents is 1. The number of hydrogen-bond acceptors (Lipinski definition) is 7. The van der Waals surface area contributed by atoms with E-state index in [9.17, 15) is 20.0 Å². The second-order valence-electron chi connectivity index (χ2n) is 7.89. The third-order valence-electron chi connectivity index (χ3n) is 5.68. The van der Waals surface area contributed by atoms with Crippen LogP contribution in [-0.2, 0) is 11.3 Å². The van der Waals surface area contributed by atoms with Gasteiger partial charge in [0.2, 0.25) is 0 Å². The van der Waals surface area contributed by atoms with Crippen LogP contribution in [0.3, 0.4) is 0 Å². The zero-order chi connectivity index (χ0) is 24.2. The number of methoxy groups -OCH3 is 1. The first-order valence-corrected chi connectivity index (χ1v) is 10.6. The average Bonchev–Trinajstić information content (AvgIpc) is 3.14. The number of aromatic hydroxyl groups is 1. The van der Waals surface area contributed by atoms with Gasteiger partial charge in [-0.3, -0.25) is 19.8 Å². The normalized spacial score (nSPS) is 16.6. The van der Waals surface area contributed by atoms with Gasteiger partial charge < -0.3 is 9.84 Å². The molecule has 174 valence electrons. The van der Waals surface area contributed by atoms with Crippen LogP contribution in [-0.4, -0.2) is 45.2 Å². The van der Waals surface area contributed by atoms with Crippen molar-refractivity contribution in [1.29, 1.82) is 0 Å². The van der Waals surface area contributed by atoms with Gasteiger partial charge in [0, 0.05) is 24.2 Å². The molecular weight excluding hydrogens is 436 g/mol. The molecule has 0 radical (unpaired) electrons. The predicted octanol–water partition coefficient (Wildman–Crippen LogP) is 4.08. The van der Waals surface area contributed by atoms with Crippen LogP contribution in [0.4, 0.5) is 5.69 Å². The van der Waals surface area contributed by atoms with Gasteiger partial charge in [0.1, 0.15) is 6.17 Å². The Kier molecular flexibility index (Phi) is 6.55. The summed E-state index contributed by atoms with van der Waals surface area (Å²) in [4.78, 5) is 25.5. The van der Waals surface area contributed by atoms with Gasteiger partial charge >= 0.3 is 0 Å². The zero-order valence-corrected chi connectivity index (χ0v) is 18.8. The van der Waals surface area contributed by atoms with Crippen molar-refractivity contribution in [2.75, 3.05) is 13.7 Å². The first-order chi connectivity index (χ1) is 16.4. The van der Waals surface area contributed by atoms with Crippen LogP contribution in [0.2, 0.25) is 0 Å². The molecule has 9 heteroatoms. The molecule has 1 atom stereocenters. The Hall–Kier alpha value is -4.24. The van der Waals surface area contributed by atoms with Crippen molar-refractivity contribution < 1.29 is 19.6 Å². The van der Waals surface area contributed by atoms with Crippen LogP contribution in [0.1, 0.15) is 29.8 Å². The molecule has 1 saturated heterocycles. The van der Waals surface area contributed by atoms with Crippen molar-refractivity contribution in [3.63, 3.8) is 0 Å². The van der Waals surface area contributed by atoms with E-state index in [0.29, 0.717) is 29.1 Å². The highest BCUT2D eigenvalue weighted by molar-refractivity contribution is 5.99. The number of para-hydroxylation sites is 1. The quantitative estimate of drug-likeness (QED) is 0.323. The van der Waals surface area contributed by atoms with E-state index in [1.807, 2.05) is 35.2 Å². The minimum Gasteiger partial charge on any atom is -0.504 e. The number of hydrazone groups is 1. The number of hydrogen-bond donors (Lipinski definition) is 1. The van der Waals surface area contributed by atoms with Gasteiger partial charge in [-0.05, 0) is 36.2 Å². The number of rotatable bonds is 7. The molecule has 0 aliphatic carbocycles. The highest BCUT2D eigenvalue weighted by atomic mass is 16.6. The van der Waals surface area contributed by atoms with E-state index in [-0.39, 0.29) is 23.9 Å². The molecule has 3 aromatic rings. The molecule has 1 amide bonds. The lowest BCUT2D eigenvalue weighted by atomic mass is 10.1. The van der Waals surface area contributed by atoms with Crippen molar-refractivity contribution in [2.45, 2.75) is 19.6 Å². The lowest BCUT2D eigenvalue weighted by Gasteiger charge is -2.28. The third kappa shape index (κ3) is 4.60. The summed E-state index contributed by atoms with van der Waals surface area (Å²) < 4.78 is 5.28. The molecule has 1 N–H and O–H groups in total. The van der Waals surface area contributed by atoms with E-state index in [4.69, 9.17) is 4.74 Å². The van der Waals surface area contributed by atoms with Gasteiger partial charge in [-0.1, -0.05) is 42.5 Å². The Morgan fingerprint density at radius 3 is 2.47 bits per heavy atom. The molecule has 9 nitrogen and oxygen atoms in total. The first kappa shape index (κ1) is 22.9. The van der Waals surface area contributed by atoms with Crippen LogP contribution in [0.15, 0.2) is 77.9 Å². The Bertz CT molecular complexity index is 1230. The minimum absolute atomic E-state index is 0.0259. The fourth-order valence-corrected chi connectivity index (χ4v) is 3.98. The van der Waals surface area contributed by atoms with Crippen molar-refractivity contribution in [1.82, 2.24) is 9.91 Å². The van der Waals surface area contributed by atoms with Crippen molar-refractivity contribution in [3.05, 3.63) is 99.6 Å². The highest BCUT2D eigenvalue weighted by Gasteiger charge is 2.41. The van der Waals surface area contributed by atoms with Gasteiger partial charge in [-0.25, -0.2) is 5.01 Å². The van der Waals surface area contributed by atoms with Crippen molar-refractivity contribution in [2.24, 2.45) is 5.10 Å². The Morgan fingerprint density at radius 2 is 1.82 bits per heavy atom. The number of carbonyl (C=O) groups excluding carboxylic acids is 1. The molecule has 34 heavy (non-hydrogen) atoms. The fourth-order valence-electron chi connectivity index (χ4n) is 3.98. The molecular formula is C25H24N4O5. The summed E-state index contributed by atoms with van der Waals surface area (Å²) in [5.74, 6) is 0.00731. The largest absolute Gasteiger partial charge is 0.504 e. The number of nitro groups is 1. The van der Waals surface area contributed by atoms with Gasteiger partial charge in [-0.15, -0.1) is 0 Å². The summed E-state index contributed by atoms with van der Waals surface area (Å²) in [5.41, 5.74) is 2.63. The Labute approximate surface area is 196 Å². The number of ether oxygens (including phenoxy) is 1. The standard InChI is InChI=1S/C25H24N4O5/c1-17(19-11-13-20(14-12-19)29(32)33)26-28-23(30)16-27(15-18-7-4-3-5-8-18)25(28)21-9-6-10-22(34-2)24(21)31/h3-14,25,31H,15-16H2,1-2H3/b26-17-/t25-/m0/s1. The molecule has 0 aromatic heterocycles. The maximum absolute atomic E-state index is 13.1. The lowest BCUT2D eigenvalue weighted by Crippen LogP contribution is -2.29. The van der Waals surface area contributed by atoms with Crippen molar-refractivity contribution in [3.8, 4) is 11.5 Å². The van der Waals surface area contributed by atoms with E-state index >= 15 is 0 Å². The predicted molar refractivity (Wildman–Crippen MR) is 126 cm³/mol. The number of amides is 1. The van der Waals surface area contributed by atoms with Gasteiger partial charge in [0.15, 0.2) is 11.5 Å². The molecule has 1 fully saturated rings. The highest BCUT2D eigenvalue weighted by Crippen LogP contribution is 2.41. The average molecular weight is 460 g/mol. The van der Waals surface area contributed by atoms with E-state index in [1.54, 1.807) is 37.3 Å². The monoisotopic (exact) mass is 460 g/mol.